The van der Waals surface area contributed by atoms with Gasteiger partial charge in [-0.2, -0.15) is 10.5 Å². The molecule has 4 aromatic rings. The van der Waals surface area contributed by atoms with Gasteiger partial charge in [-0.05, 0) is 60.4 Å². The predicted octanol–water partition coefficient (Wildman–Crippen LogP) is 3.80. The van der Waals surface area contributed by atoms with Crippen LogP contribution in [0.2, 0.25) is 0 Å². The molecule has 5 rings (SSSR count). The molecule has 2 N–H and O–H groups in total. The zero-order valence-corrected chi connectivity index (χ0v) is 18.1. The number of aromatic amines is 2. The number of hydrogen-bond acceptors (Lipinski definition) is 4. The smallest absolute Gasteiger partial charge is 0.0991 e. The molecule has 2 aromatic heterocycles. The van der Waals surface area contributed by atoms with Gasteiger partial charge in [-0.1, -0.05) is 0 Å². The molecule has 32 heavy (non-hydrogen) atoms. The lowest BCUT2D eigenvalue weighted by Crippen LogP contribution is -2.47. The fraction of sp³-hybridized carbons (Fsp3) is 0.308. The number of nitriles is 2. The Morgan fingerprint density at radius 1 is 0.688 bits per heavy atom. The summed E-state index contributed by atoms with van der Waals surface area (Å²) in [6.45, 7) is 6.40. The van der Waals surface area contributed by atoms with E-state index in [1.54, 1.807) is 0 Å². The van der Waals surface area contributed by atoms with Crippen LogP contribution in [-0.4, -0.2) is 59.0 Å². The van der Waals surface area contributed by atoms with E-state index >= 15 is 0 Å². The lowest BCUT2D eigenvalue weighted by atomic mass is 10.1. The Hall–Kier alpha value is -3.58. The quantitative estimate of drug-likeness (QED) is 0.495. The second-order valence-corrected chi connectivity index (χ2v) is 8.56. The van der Waals surface area contributed by atoms with Gasteiger partial charge in [0.2, 0.25) is 0 Å². The average Bonchev–Trinajstić information content (AvgIpc) is 3.44. The van der Waals surface area contributed by atoms with Crippen LogP contribution < -0.4 is 0 Å². The summed E-state index contributed by atoms with van der Waals surface area (Å²) in [6.07, 6.45) is 6.15. The van der Waals surface area contributed by atoms with E-state index in [9.17, 15) is 10.5 Å². The molecule has 6 heteroatoms. The van der Waals surface area contributed by atoms with Crippen LogP contribution in [0.4, 0.5) is 0 Å². The minimum Gasteiger partial charge on any atom is -0.361 e. The first-order chi connectivity index (χ1) is 15.7. The number of H-pyrrole nitrogens is 2. The molecule has 160 valence electrons. The van der Waals surface area contributed by atoms with Crippen LogP contribution in [0.5, 0.6) is 0 Å². The van der Waals surface area contributed by atoms with Gasteiger partial charge in [-0.3, -0.25) is 0 Å². The van der Waals surface area contributed by atoms with Gasteiger partial charge < -0.3 is 19.8 Å². The van der Waals surface area contributed by atoms with Crippen LogP contribution in [0.1, 0.15) is 22.3 Å². The summed E-state index contributed by atoms with van der Waals surface area (Å²) in [7, 11) is 0. The monoisotopic (exact) mass is 422 g/mol. The maximum absolute atomic E-state index is 9.18. The highest BCUT2D eigenvalue weighted by Crippen LogP contribution is 2.22. The van der Waals surface area contributed by atoms with Gasteiger partial charge in [0.25, 0.3) is 0 Å². The second-order valence-electron chi connectivity index (χ2n) is 8.56. The molecular formula is C26H26N6. The Morgan fingerprint density at radius 3 is 1.53 bits per heavy atom. The second kappa shape index (κ2) is 8.88. The summed E-state index contributed by atoms with van der Waals surface area (Å²) in [4.78, 5) is 11.7. The van der Waals surface area contributed by atoms with E-state index in [4.69, 9.17) is 0 Å². The third-order valence-electron chi connectivity index (χ3n) is 6.65. The van der Waals surface area contributed by atoms with Crippen LogP contribution >= 0.6 is 0 Å². The summed E-state index contributed by atoms with van der Waals surface area (Å²) < 4.78 is 0. The molecule has 6 nitrogen and oxygen atoms in total. The van der Waals surface area contributed by atoms with E-state index in [2.05, 4.69) is 44.3 Å². The van der Waals surface area contributed by atoms with E-state index < -0.39 is 0 Å². The average molecular weight is 423 g/mol. The number of rotatable bonds is 6. The first-order valence-electron chi connectivity index (χ1n) is 11.2. The molecule has 0 atom stereocenters. The number of aromatic nitrogens is 2. The number of hydrogen-bond donors (Lipinski definition) is 2. The summed E-state index contributed by atoms with van der Waals surface area (Å²) in [5.41, 5.74) is 6.20. The molecule has 1 fully saturated rings. The van der Waals surface area contributed by atoms with Crippen molar-refractivity contribution in [1.29, 1.82) is 10.5 Å². The minimum absolute atomic E-state index is 0.714. The molecule has 0 radical (unpaired) electrons. The van der Waals surface area contributed by atoms with E-state index in [-0.39, 0.29) is 0 Å². The lowest BCUT2D eigenvalue weighted by Gasteiger charge is -2.34. The predicted molar refractivity (Wildman–Crippen MR) is 126 cm³/mol. The van der Waals surface area contributed by atoms with Gasteiger partial charge in [-0.15, -0.1) is 0 Å². The summed E-state index contributed by atoms with van der Waals surface area (Å²) in [6, 6.07) is 16.2. The molecule has 0 saturated carbocycles. The SMILES string of the molecule is N#Cc1ccc2[nH]cc(CCN3CCN(CCc4c[nH]c5ccc(C#N)cc45)CC3)c2c1. The largest absolute Gasteiger partial charge is 0.361 e. The number of benzene rings is 2. The third-order valence-corrected chi connectivity index (χ3v) is 6.65. The van der Waals surface area contributed by atoms with Gasteiger partial charge in [0.1, 0.15) is 0 Å². The van der Waals surface area contributed by atoms with Crippen molar-refractivity contribution in [2.24, 2.45) is 0 Å². The number of nitrogens with zero attached hydrogens (tertiary/aromatic N) is 4. The highest BCUT2D eigenvalue weighted by Gasteiger charge is 2.17. The van der Waals surface area contributed by atoms with Crippen LogP contribution in [0, 0.1) is 22.7 Å². The molecule has 0 amide bonds. The first-order valence-corrected chi connectivity index (χ1v) is 11.2. The van der Waals surface area contributed by atoms with Crippen molar-refractivity contribution in [3.63, 3.8) is 0 Å². The van der Waals surface area contributed by atoms with Gasteiger partial charge in [-0.25, -0.2) is 0 Å². The number of fused-ring (bicyclic) bond motifs is 2. The van der Waals surface area contributed by atoms with Gasteiger partial charge in [0, 0.05) is 73.5 Å². The first kappa shape index (κ1) is 20.3. The van der Waals surface area contributed by atoms with Gasteiger partial charge in [0.05, 0.1) is 23.3 Å². The van der Waals surface area contributed by atoms with Crippen LogP contribution in [0.3, 0.4) is 0 Å². The zero-order chi connectivity index (χ0) is 21.9. The molecular weight excluding hydrogens is 396 g/mol. The molecule has 0 aliphatic carbocycles. The van der Waals surface area contributed by atoms with E-state index in [0.717, 1.165) is 63.1 Å². The van der Waals surface area contributed by atoms with Crippen LogP contribution in [-0.2, 0) is 12.8 Å². The zero-order valence-electron chi connectivity index (χ0n) is 18.1. The fourth-order valence-electron chi connectivity index (χ4n) is 4.70. The molecule has 3 heterocycles. The third kappa shape index (κ3) is 4.11. The highest BCUT2D eigenvalue weighted by molar-refractivity contribution is 5.85. The van der Waals surface area contributed by atoms with Crippen molar-refractivity contribution in [2.75, 3.05) is 39.3 Å². The summed E-state index contributed by atoms with van der Waals surface area (Å²) in [5.74, 6) is 0. The normalized spacial score (nSPS) is 15.2. The Balaban J connectivity index is 1.13. The molecule has 0 bridgehead atoms. The van der Waals surface area contributed by atoms with Crippen LogP contribution in [0.25, 0.3) is 21.8 Å². The molecule has 1 aliphatic rings. The van der Waals surface area contributed by atoms with Crippen molar-refractivity contribution >= 4 is 21.8 Å². The summed E-state index contributed by atoms with van der Waals surface area (Å²) in [5, 5.41) is 20.7. The number of nitrogens with one attached hydrogen (secondary N) is 2. The Kier molecular flexibility index (Phi) is 5.64. The number of piperazine rings is 1. The molecule has 1 aliphatic heterocycles. The Bertz CT molecular complexity index is 1220. The Labute approximate surface area is 187 Å². The minimum atomic E-state index is 0.714. The van der Waals surface area contributed by atoms with Gasteiger partial charge >= 0.3 is 0 Å². The van der Waals surface area contributed by atoms with Crippen LogP contribution in [0.15, 0.2) is 48.8 Å². The Morgan fingerprint density at radius 2 is 1.12 bits per heavy atom. The highest BCUT2D eigenvalue weighted by atomic mass is 15.3. The molecule has 1 saturated heterocycles. The van der Waals surface area contributed by atoms with Gasteiger partial charge in [0.15, 0.2) is 0 Å². The van der Waals surface area contributed by atoms with Crippen molar-refractivity contribution in [1.82, 2.24) is 19.8 Å². The topological polar surface area (TPSA) is 85.6 Å². The van der Waals surface area contributed by atoms with E-state index in [1.807, 2.05) is 36.4 Å². The standard InChI is InChI=1S/C26H26N6/c27-15-19-1-3-25-23(13-19)21(17-29-25)5-7-31-9-11-32(12-10-31)8-6-22-18-30-26-4-2-20(16-28)14-24(22)26/h1-4,13-14,17-18,29-30H,5-12H2. The van der Waals surface area contributed by atoms with E-state index in [0.29, 0.717) is 11.1 Å². The maximum Gasteiger partial charge on any atom is 0.0991 e. The molecule has 0 spiro atoms. The molecule has 2 aromatic carbocycles. The van der Waals surface area contributed by atoms with Crippen molar-refractivity contribution < 1.29 is 0 Å². The maximum atomic E-state index is 9.18. The molecule has 0 unspecified atom stereocenters. The fourth-order valence-corrected chi connectivity index (χ4v) is 4.70. The van der Waals surface area contributed by atoms with E-state index in [1.165, 1.54) is 21.9 Å². The lowest BCUT2D eigenvalue weighted by molar-refractivity contribution is 0.135. The summed E-state index contributed by atoms with van der Waals surface area (Å²) >= 11 is 0. The van der Waals surface area contributed by atoms with Crippen molar-refractivity contribution in [3.05, 3.63) is 71.0 Å². The van der Waals surface area contributed by atoms with Crippen molar-refractivity contribution in [3.8, 4) is 12.1 Å². The van der Waals surface area contributed by atoms with Crippen molar-refractivity contribution in [2.45, 2.75) is 12.8 Å².